The Balaban J connectivity index is 1.49. The molecule has 0 atom stereocenters. The number of ether oxygens (including phenoxy) is 1. The van der Waals surface area contributed by atoms with Crippen molar-refractivity contribution in [2.75, 3.05) is 6.54 Å². The topological polar surface area (TPSA) is 78.8 Å². The average Bonchev–Trinajstić information content (AvgIpc) is 2.66. The largest absolute Gasteiger partial charge is 0.505 e. The van der Waals surface area contributed by atoms with E-state index in [-0.39, 0.29) is 18.2 Å². The van der Waals surface area contributed by atoms with Gasteiger partial charge in [0.2, 0.25) is 0 Å². The summed E-state index contributed by atoms with van der Waals surface area (Å²) in [4.78, 5) is 12.1. The van der Waals surface area contributed by atoms with E-state index in [1.54, 1.807) is 24.3 Å². The second kappa shape index (κ2) is 8.15. The van der Waals surface area contributed by atoms with E-state index in [1.807, 2.05) is 0 Å². The van der Waals surface area contributed by atoms with Crippen molar-refractivity contribution in [3.8, 4) is 11.5 Å². The summed E-state index contributed by atoms with van der Waals surface area (Å²) in [5.41, 5.74) is -0.931. The minimum absolute atomic E-state index is 0.00616. The second-order valence-electron chi connectivity index (χ2n) is 6.84. The highest BCUT2D eigenvalue weighted by molar-refractivity contribution is 6.30. The molecule has 0 heterocycles. The number of carbonyl (C=O) groups excluding carboxylic acids is 1. The fourth-order valence-corrected chi connectivity index (χ4v) is 3.25. The lowest BCUT2D eigenvalue weighted by Gasteiger charge is -2.36. The zero-order valence-electron chi connectivity index (χ0n) is 14.6. The first-order chi connectivity index (χ1) is 12.8. The number of hydrogen-bond acceptors (Lipinski definition) is 4. The molecule has 1 saturated carbocycles. The van der Waals surface area contributed by atoms with Crippen molar-refractivity contribution in [2.24, 2.45) is 0 Å². The van der Waals surface area contributed by atoms with E-state index in [4.69, 9.17) is 16.3 Å². The van der Waals surface area contributed by atoms with Crippen molar-refractivity contribution in [1.29, 1.82) is 0 Å². The Morgan fingerprint density at radius 2 is 1.89 bits per heavy atom. The first-order valence-corrected chi connectivity index (χ1v) is 9.14. The van der Waals surface area contributed by atoms with Crippen molar-refractivity contribution >= 4 is 17.5 Å². The van der Waals surface area contributed by atoms with Gasteiger partial charge in [-0.3, -0.25) is 4.79 Å². The van der Waals surface area contributed by atoms with Crippen LogP contribution in [0.3, 0.4) is 0 Å². The van der Waals surface area contributed by atoms with Crippen LogP contribution in [0.25, 0.3) is 0 Å². The van der Waals surface area contributed by atoms with E-state index in [9.17, 15) is 19.4 Å². The standard InChI is InChI=1S/C20H21ClFNO4/c21-14-2-4-15(5-3-14)27-16-7-9-20(26,10-8-16)12-23-19(25)13-1-6-18(24)17(22)11-13/h1-6,11,16,24,26H,7-10,12H2,(H,23,25)/t16-,20+. The summed E-state index contributed by atoms with van der Waals surface area (Å²) in [5.74, 6) is -1.13. The number of aliphatic hydroxyl groups is 1. The zero-order valence-corrected chi connectivity index (χ0v) is 15.4. The van der Waals surface area contributed by atoms with Crippen LogP contribution < -0.4 is 10.1 Å². The van der Waals surface area contributed by atoms with Crippen molar-refractivity contribution in [3.05, 3.63) is 58.9 Å². The van der Waals surface area contributed by atoms with Crippen LogP contribution in [0.2, 0.25) is 5.02 Å². The summed E-state index contributed by atoms with van der Waals surface area (Å²) < 4.78 is 19.3. The van der Waals surface area contributed by atoms with Gasteiger partial charge in [0.1, 0.15) is 5.75 Å². The molecule has 0 bridgehead atoms. The fourth-order valence-electron chi connectivity index (χ4n) is 3.12. The lowest BCUT2D eigenvalue weighted by molar-refractivity contribution is -0.0234. The maximum Gasteiger partial charge on any atom is 0.251 e. The molecule has 3 rings (SSSR count). The molecule has 1 fully saturated rings. The van der Waals surface area contributed by atoms with Crippen molar-refractivity contribution in [2.45, 2.75) is 37.4 Å². The maximum atomic E-state index is 13.4. The number of benzene rings is 2. The molecular formula is C20H21ClFNO4. The summed E-state index contributed by atoms with van der Waals surface area (Å²) in [7, 11) is 0. The fraction of sp³-hybridized carbons (Fsp3) is 0.350. The summed E-state index contributed by atoms with van der Waals surface area (Å²) in [6, 6.07) is 10.5. The Kier molecular flexibility index (Phi) is 5.87. The molecule has 144 valence electrons. The van der Waals surface area contributed by atoms with Crippen LogP contribution in [-0.4, -0.2) is 34.4 Å². The van der Waals surface area contributed by atoms with E-state index >= 15 is 0 Å². The van der Waals surface area contributed by atoms with Crippen molar-refractivity contribution < 1.29 is 24.1 Å². The number of halogens is 2. The third kappa shape index (κ3) is 5.11. The van der Waals surface area contributed by atoms with Gasteiger partial charge in [0.05, 0.1) is 11.7 Å². The number of phenolic OH excluding ortho intramolecular Hbond substituents is 1. The number of hydrogen-bond donors (Lipinski definition) is 3. The Morgan fingerprint density at radius 3 is 2.52 bits per heavy atom. The molecule has 7 heteroatoms. The van der Waals surface area contributed by atoms with Gasteiger partial charge in [-0.1, -0.05) is 11.6 Å². The Morgan fingerprint density at radius 1 is 1.22 bits per heavy atom. The van der Waals surface area contributed by atoms with Gasteiger partial charge in [0, 0.05) is 17.1 Å². The summed E-state index contributed by atoms with van der Waals surface area (Å²) >= 11 is 5.86. The average molecular weight is 394 g/mol. The van der Waals surface area contributed by atoms with Gasteiger partial charge in [-0.2, -0.15) is 0 Å². The van der Waals surface area contributed by atoms with Crippen molar-refractivity contribution in [1.82, 2.24) is 5.32 Å². The Hall–Kier alpha value is -2.31. The molecule has 0 saturated heterocycles. The molecule has 27 heavy (non-hydrogen) atoms. The molecule has 5 nitrogen and oxygen atoms in total. The third-order valence-electron chi connectivity index (χ3n) is 4.77. The molecule has 2 aromatic carbocycles. The Labute approximate surface area is 161 Å². The van der Waals surface area contributed by atoms with Crippen LogP contribution in [0.4, 0.5) is 4.39 Å². The first kappa shape index (κ1) is 19.5. The molecule has 3 N–H and O–H groups in total. The molecule has 1 amide bonds. The molecule has 1 aliphatic rings. The lowest BCUT2D eigenvalue weighted by atomic mass is 9.83. The van der Waals surface area contributed by atoms with Crippen LogP contribution in [-0.2, 0) is 0 Å². The normalized spacial score (nSPS) is 22.3. The van der Waals surface area contributed by atoms with E-state index < -0.39 is 23.1 Å². The monoisotopic (exact) mass is 393 g/mol. The number of nitrogens with one attached hydrogen (secondary N) is 1. The number of aromatic hydroxyl groups is 1. The highest BCUT2D eigenvalue weighted by Gasteiger charge is 2.34. The highest BCUT2D eigenvalue weighted by atomic mass is 35.5. The summed E-state index contributed by atoms with van der Waals surface area (Å²) in [6.45, 7) is 0.0714. The quantitative estimate of drug-likeness (QED) is 0.724. The van der Waals surface area contributed by atoms with Gasteiger partial charge >= 0.3 is 0 Å². The Bertz CT molecular complexity index is 804. The predicted molar refractivity (Wildman–Crippen MR) is 99.7 cm³/mol. The van der Waals surface area contributed by atoms with Crippen LogP contribution >= 0.6 is 11.6 Å². The minimum atomic E-state index is -1.02. The van der Waals surface area contributed by atoms with Gasteiger partial charge < -0.3 is 20.3 Å². The summed E-state index contributed by atoms with van der Waals surface area (Å²) in [6.07, 6.45) is 2.27. The van der Waals surface area contributed by atoms with Crippen molar-refractivity contribution in [3.63, 3.8) is 0 Å². The maximum absolute atomic E-state index is 13.4. The summed E-state index contributed by atoms with van der Waals surface area (Å²) in [5, 5.41) is 23.1. The third-order valence-corrected chi connectivity index (χ3v) is 5.02. The van der Waals surface area contributed by atoms with E-state index in [1.165, 1.54) is 6.07 Å². The number of amides is 1. The van der Waals surface area contributed by atoms with Crippen LogP contribution in [0.15, 0.2) is 42.5 Å². The van der Waals surface area contributed by atoms with E-state index in [0.29, 0.717) is 30.7 Å². The highest BCUT2D eigenvalue weighted by Crippen LogP contribution is 2.31. The lowest BCUT2D eigenvalue weighted by Crippen LogP contribution is -2.46. The molecule has 1 aliphatic carbocycles. The minimum Gasteiger partial charge on any atom is -0.505 e. The van der Waals surface area contributed by atoms with Gasteiger partial charge in [-0.05, 0) is 68.1 Å². The molecular weight excluding hydrogens is 373 g/mol. The molecule has 0 aliphatic heterocycles. The number of rotatable bonds is 5. The second-order valence-corrected chi connectivity index (χ2v) is 7.28. The van der Waals surface area contributed by atoms with Gasteiger partial charge in [0.25, 0.3) is 5.91 Å². The smallest absolute Gasteiger partial charge is 0.251 e. The predicted octanol–water partition coefficient (Wildman–Crippen LogP) is 3.67. The van der Waals surface area contributed by atoms with E-state index in [0.717, 1.165) is 17.9 Å². The molecule has 0 unspecified atom stereocenters. The molecule has 0 aromatic heterocycles. The van der Waals surface area contributed by atoms with Crippen LogP contribution in [0, 0.1) is 5.82 Å². The molecule has 0 spiro atoms. The first-order valence-electron chi connectivity index (χ1n) is 8.76. The number of phenols is 1. The van der Waals surface area contributed by atoms with Crippen LogP contribution in [0.1, 0.15) is 36.0 Å². The number of carbonyl (C=O) groups is 1. The van der Waals surface area contributed by atoms with Gasteiger partial charge in [-0.15, -0.1) is 0 Å². The van der Waals surface area contributed by atoms with Gasteiger partial charge in [0.15, 0.2) is 11.6 Å². The SMILES string of the molecule is O=C(NC[C@]1(O)CC[C@@H](Oc2ccc(Cl)cc2)CC1)c1ccc(O)c(F)c1. The van der Waals surface area contributed by atoms with Crippen LogP contribution in [0.5, 0.6) is 11.5 Å². The zero-order chi connectivity index (χ0) is 19.4. The molecule has 0 radical (unpaired) electrons. The molecule has 2 aromatic rings. The van der Waals surface area contributed by atoms with E-state index in [2.05, 4.69) is 5.32 Å². The van der Waals surface area contributed by atoms with Gasteiger partial charge in [-0.25, -0.2) is 4.39 Å².